The highest BCUT2D eigenvalue weighted by Crippen LogP contribution is 2.26. The second-order valence-corrected chi connectivity index (χ2v) is 12.2. The molecule has 0 unspecified atom stereocenters. The van der Waals surface area contributed by atoms with Crippen LogP contribution in [0.15, 0.2) is 66.9 Å². The lowest BCUT2D eigenvalue weighted by Crippen LogP contribution is -2.50. The van der Waals surface area contributed by atoms with Crippen molar-refractivity contribution in [1.82, 2.24) is 19.1 Å². The Kier molecular flexibility index (Phi) is 9.11. The van der Waals surface area contributed by atoms with E-state index >= 15 is 0 Å². The number of sulfonamides is 1. The van der Waals surface area contributed by atoms with E-state index in [1.807, 2.05) is 36.5 Å². The molecule has 9 nitrogen and oxygen atoms in total. The number of carbonyl (C=O) groups excluding carboxylic acids is 1. The van der Waals surface area contributed by atoms with Gasteiger partial charge in [0, 0.05) is 64.0 Å². The predicted octanol–water partition coefficient (Wildman–Crippen LogP) is 2.80. The maximum absolute atomic E-state index is 13.4. The van der Waals surface area contributed by atoms with E-state index < -0.39 is 10.0 Å². The molecule has 10 heteroatoms. The number of amides is 1. The summed E-state index contributed by atoms with van der Waals surface area (Å²) in [7, 11) is -3.26. The summed E-state index contributed by atoms with van der Waals surface area (Å²) in [4.78, 5) is 21.9. The number of hydrogen-bond acceptors (Lipinski definition) is 7. The zero-order valence-corrected chi connectivity index (χ0v) is 23.7. The number of rotatable bonds is 4. The summed E-state index contributed by atoms with van der Waals surface area (Å²) in [6.07, 6.45) is 3.64. The highest BCUT2D eigenvalue weighted by molar-refractivity contribution is 7.88. The van der Waals surface area contributed by atoms with Crippen LogP contribution < -0.4 is 4.74 Å². The van der Waals surface area contributed by atoms with Gasteiger partial charge in [0.25, 0.3) is 5.91 Å². The van der Waals surface area contributed by atoms with Crippen LogP contribution in [0.4, 0.5) is 0 Å². The van der Waals surface area contributed by atoms with Crippen molar-refractivity contribution in [1.29, 1.82) is 0 Å². The number of carbonyl (C=O) groups is 1. The molecule has 0 saturated carbocycles. The second kappa shape index (κ2) is 12.9. The number of aromatic nitrogens is 1. The third kappa shape index (κ3) is 7.45. The summed E-state index contributed by atoms with van der Waals surface area (Å²) >= 11 is 0. The molecule has 0 N–H and O–H groups in total. The van der Waals surface area contributed by atoms with E-state index in [4.69, 9.17) is 9.47 Å². The van der Waals surface area contributed by atoms with E-state index in [0.29, 0.717) is 58.0 Å². The summed E-state index contributed by atoms with van der Waals surface area (Å²) in [6, 6.07) is 20.1. The lowest BCUT2D eigenvalue weighted by molar-refractivity contribution is 0.0697. The highest BCUT2D eigenvalue weighted by Gasteiger charge is 2.27. The largest absolute Gasteiger partial charge is 0.491 e. The summed E-state index contributed by atoms with van der Waals surface area (Å²) in [5.41, 5.74) is 4.86. The standard InChI is InChI=1S/C30H36N4O5S/c1-40(36,37)34-13-11-33(12-14-34)30(35)26-8-9-29-27(21-26)20-24-5-4-6-25(19-24)22-32(15-16-38-17-18-39-29)23-28-7-2-3-10-31-28/h2-10,19,21H,11-18,20,22-23H2,1H3. The van der Waals surface area contributed by atoms with Crippen molar-refractivity contribution in [3.63, 3.8) is 0 Å². The van der Waals surface area contributed by atoms with Gasteiger partial charge in [0.15, 0.2) is 0 Å². The lowest BCUT2D eigenvalue weighted by atomic mass is 9.99. The fraction of sp³-hybridized carbons (Fsp3) is 0.400. The van der Waals surface area contributed by atoms with E-state index in [-0.39, 0.29) is 5.91 Å². The minimum atomic E-state index is -3.26. The van der Waals surface area contributed by atoms with Crippen LogP contribution >= 0.6 is 0 Å². The van der Waals surface area contributed by atoms with E-state index in [0.717, 1.165) is 42.2 Å². The molecule has 1 aromatic heterocycles. The van der Waals surface area contributed by atoms with Gasteiger partial charge in [-0.2, -0.15) is 4.31 Å². The molecule has 212 valence electrons. The Bertz CT molecular complexity index is 1410. The van der Waals surface area contributed by atoms with Gasteiger partial charge in [0.1, 0.15) is 12.4 Å². The van der Waals surface area contributed by atoms with Crippen LogP contribution in [-0.4, -0.2) is 92.2 Å². The molecular weight excluding hydrogens is 528 g/mol. The topological polar surface area (TPSA) is 92.3 Å². The first-order chi connectivity index (χ1) is 19.3. The zero-order valence-electron chi connectivity index (χ0n) is 22.9. The molecule has 0 aliphatic carbocycles. The molecule has 1 fully saturated rings. The Labute approximate surface area is 236 Å². The van der Waals surface area contributed by atoms with Crippen LogP contribution in [0.2, 0.25) is 0 Å². The Hall–Kier alpha value is -3.31. The number of benzene rings is 2. The number of nitrogens with zero attached hydrogens (tertiary/aromatic N) is 4. The van der Waals surface area contributed by atoms with Crippen LogP contribution in [-0.2, 0) is 34.3 Å². The molecule has 1 amide bonds. The monoisotopic (exact) mass is 564 g/mol. The van der Waals surface area contributed by atoms with Crippen molar-refractivity contribution in [3.05, 3.63) is 94.8 Å². The average molecular weight is 565 g/mol. The van der Waals surface area contributed by atoms with Gasteiger partial charge in [-0.15, -0.1) is 0 Å². The van der Waals surface area contributed by atoms with Crippen LogP contribution in [0.1, 0.15) is 32.7 Å². The summed E-state index contributed by atoms with van der Waals surface area (Å²) < 4.78 is 37.1. The number of pyridine rings is 1. The molecular formula is C30H36N4O5S. The molecule has 5 rings (SSSR count). The normalized spacial score (nSPS) is 17.9. The smallest absolute Gasteiger partial charge is 0.253 e. The molecule has 3 heterocycles. The SMILES string of the molecule is CS(=O)(=O)N1CCN(C(=O)c2ccc3c(c2)Cc2cccc(c2)CN(Cc2ccccn2)CCOCCO3)CC1. The molecule has 2 aliphatic heterocycles. The fourth-order valence-electron chi connectivity index (χ4n) is 5.15. The first-order valence-corrected chi connectivity index (χ1v) is 15.5. The van der Waals surface area contributed by atoms with E-state index in [2.05, 4.69) is 34.1 Å². The highest BCUT2D eigenvalue weighted by atomic mass is 32.2. The Morgan fingerprint density at radius 1 is 0.900 bits per heavy atom. The molecule has 0 spiro atoms. The molecule has 2 aromatic carbocycles. The van der Waals surface area contributed by atoms with Crippen LogP contribution in [0.3, 0.4) is 0 Å². The molecule has 1 saturated heterocycles. The van der Waals surface area contributed by atoms with E-state index in [1.165, 1.54) is 16.1 Å². The quantitative estimate of drug-likeness (QED) is 0.481. The van der Waals surface area contributed by atoms with Crippen molar-refractivity contribution in [2.45, 2.75) is 19.5 Å². The maximum atomic E-state index is 13.4. The number of ether oxygens (including phenoxy) is 2. The number of piperazine rings is 1. The van der Waals surface area contributed by atoms with E-state index in [9.17, 15) is 13.2 Å². The van der Waals surface area contributed by atoms with E-state index in [1.54, 1.807) is 11.0 Å². The van der Waals surface area contributed by atoms with Gasteiger partial charge >= 0.3 is 0 Å². The summed E-state index contributed by atoms with van der Waals surface area (Å²) in [6.45, 7) is 5.10. The van der Waals surface area contributed by atoms with Crippen molar-refractivity contribution < 1.29 is 22.7 Å². The number of hydrogen-bond donors (Lipinski definition) is 0. The molecule has 2 aliphatic rings. The maximum Gasteiger partial charge on any atom is 0.253 e. The Balaban J connectivity index is 1.35. The summed E-state index contributed by atoms with van der Waals surface area (Å²) in [5.74, 6) is 0.638. The molecule has 0 radical (unpaired) electrons. The predicted molar refractivity (Wildman–Crippen MR) is 153 cm³/mol. The molecule has 0 atom stereocenters. The van der Waals surface area contributed by atoms with Crippen LogP contribution in [0.5, 0.6) is 5.75 Å². The minimum absolute atomic E-state index is 0.0994. The third-order valence-corrected chi connectivity index (χ3v) is 8.55. The van der Waals surface area contributed by atoms with Crippen molar-refractivity contribution in [3.8, 4) is 5.75 Å². The van der Waals surface area contributed by atoms with Gasteiger partial charge < -0.3 is 14.4 Å². The van der Waals surface area contributed by atoms with Crippen molar-refractivity contribution >= 4 is 15.9 Å². The van der Waals surface area contributed by atoms with Gasteiger partial charge in [0.05, 0.1) is 25.2 Å². The van der Waals surface area contributed by atoms with Gasteiger partial charge in [0.2, 0.25) is 10.0 Å². The van der Waals surface area contributed by atoms with Crippen molar-refractivity contribution in [2.24, 2.45) is 0 Å². The molecule has 2 bridgehead atoms. The second-order valence-electron chi connectivity index (χ2n) is 10.3. The van der Waals surface area contributed by atoms with Gasteiger partial charge in [-0.3, -0.25) is 14.7 Å². The molecule has 40 heavy (non-hydrogen) atoms. The van der Waals surface area contributed by atoms with Crippen molar-refractivity contribution in [2.75, 3.05) is 58.8 Å². The number of fused-ring (bicyclic) bond motifs is 3. The van der Waals surface area contributed by atoms with Gasteiger partial charge in [-0.25, -0.2) is 8.42 Å². The van der Waals surface area contributed by atoms with Crippen LogP contribution in [0.25, 0.3) is 0 Å². The summed E-state index contributed by atoms with van der Waals surface area (Å²) in [5, 5.41) is 0. The molecule has 3 aromatic rings. The minimum Gasteiger partial charge on any atom is -0.491 e. The zero-order chi connectivity index (χ0) is 28.0. The third-order valence-electron chi connectivity index (χ3n) is 7.24. The lowest BCUT2D eigenvalue weighted by Gasteiger charge is -2.33. The first-order valence-electron chi connectivity index (χ1n) is 13.6. The van der Waals surface area contributed by atoms with Crippen LogP contribution in [0, 0.1) is 0 Å². The average Bonchev–Trinajstić information content (AvgIpc) is 2.95. The Morgan fingerprint density at radius 3 is 2.50 bits per heavy atom. The van der Waals surface area contributed by atoms with Gasteiger partial charge in [-0.05, 0) is 47.0 Å². The fourth-order valence-corrected chi connectivity index (χ4v) is 5.98. The Morgan fingerprint density at radius 2 is 1.73 bits per heavy atom. The van der Waals surface area contributed by atoms with Gasteiger partial charge in [-0.1, -0.05) is 30.3 Å². The first kappa shape index (κ1) is 28.2.